The molecule has 0 nitrogen and oxygen atoms in total. The zero-order valence-electron chi connectivity index (χ0n) is 7.49. The van der Waals surface area contributed by atoms with Gasteiger partial charge in [-0.15, -0.1) is 0 Å². The minimum absolute atomic E-state index is 0.956. The van der Waals surface area contributed by atoms with Crippen molar-refractivity contribution in [3.8, 4) is 0 Å². The number of halogens is 2. The Morgan fingerprint density at radius 3 is 2.25 bits per heavy atom. The molecule has 66 valence electrons. The van der Waals surface area contributed by atoms with Gasteiger partial charge in [-0.1, -0.05) is 43.4 Å². The molecule has 0 aliphatic carbocycles. The van der Waals surface area contributed by atoms with Crippen molar-refractivity contribution in [2.24, 2.45) is 0 Å². The van der Waals surface area contributed by atoms with E-state index in [1.807, 2.05) is 6.07 Å². The summed E-state index contributed by atoms with van der Waals surface area (Å²) in [6.07, 6.45) is 0. The van der Waals surface area contributed by atoms with E-state index in [2.05, 4.69) is 54.4 Å². The van der Waals surface area contributed by atoms with Gasteiger partial charge in [-0.25, -0.2) is 0 Å². The van der Waals surface area contributed by atoms with E-state index in [0.717, 1.165) is 8.59 Å². The van der Waals surface area contributed by atoms with Crippen LogP contribution in [-0.4, -0.2) is 8.07 Å². The molecular weight excluding hydrogens is 299 g/mol. The van der Waals surface area contributed by atoms with Gasteiger partial charge in [0.05, 0.1) is 13.1 Å². The first-order valence-electron chi connectivity index (χ1n) is 3.87. The van der Waals surface area contributed by atoms with Crippen LogP contribution >= 0.6 is 34.2 Å². The number of hydrogen-bond donors (Lipinski definition) is 0. The van der Waals surface area contributed by atoms with Crippen LogP contribution in [0.15, 0.2) is 18.2 Å². The lowest BCUT2D eigenvalue weighted by Crippen LogP contribution is -2.38. The fourth-order valence-corrected chi connectivity index (χ4v) is 4.20. The van der Waals surface area contributed by atoms with E-state index in [0.29, 0.717) is 0 Å². The van der Waals surface area contributed by atoms with Crippen molar-refractivity contribution in [3.63, 3.8) is 0 Å². The molecule has 0 heterocycles. The maximum absolute atomic E-state index is 6.21. The number of benzene rings is 1. The Kier molecular flexibility index (Phi) is 3.23. The van der Waals surface area contributed by atoms with Gasteiger partial charge in [0.1, 0.15) is 0 Å². The van der Waals surface area contributed by atoms with Crippen LogP contribution in [0.4, 0.5) is 0 Å². The van der Waals surface area contributed by atoms with E-state index in [9.17, 15) is 0 Å². The fraction of sp³-hybridized carbons (Fsp3) is 0.333. The standard InChI is InChI=1S/C9H12ClISi/c1-12(2,3)8-6-4-5-7(11)9(8)10/h4-6H,1-3H3. The van der Waals surface area contributed by atoms with Gasteiger partial charge >= 0.3 is 0 Å². The maximum Gasteiger partial charge on any atom is 0.0796 e. The molecule has 0 aromatic heterocycles. The highest BCUT2D eigenvalue weighted by Gasteiger charge is 2.20. The van der Waals surface area contributed by atoms with Crippen LogP contribution in [0.1, 0.15) is 0 Å². The molecule has 0 saturated heterocycles. The molecule has 12 heavy (non-hydrogen) atoms. The van der Waals surface area contributed by atoms with E-state index in [-0.39, 0.29) is 0 Å². The Balaban J connectivity index is 3.26. The summed E-state index contributed by atoms with van der Waals surface area (Å²) in [7, 11) is -1.25. The van der Waals surface area contributed by atoms with Crippen molar-refractivity contribution in [1.29, 1.82) is 0 Å². The van der Waals surface area contributed by atoms with Crippen LogP contribution in [-0.2, 0) is 0 Å². The van der Waals surface area contributed by atoms with Gasteiger partial charge in [0, 0.05) is 3.57 Å². The Hall–Kier alpha value is 0.457. The molecule has 0 aliphatic heterocycles. The smallest absolute Gasteiger partial charge is 0.0796 e. The van der Waals surface area contributed by atoms with Crippen LogP contribution < -0.4 is 5.19 Å². The molecular formula is C9H12ClISi. The van der Waals surface area contributed by atoms with E-state index in [1.54, 1.807) is 0 Å². The molecule has 0 aliphatic rings. The summed E-state index contributed by atoms with van der Waals surface area (Å²) in [6.45, 7) is 6.93. The second kappa shape index (κ2) is 3.68. The van der Waals surface area contributed by atoms with E-state index in [4.69, 9.17) is 11.6 Å². The number of rotatable bonds is 1. The van der Waals surface area contributed by atoms with E-state index < -0.39 is 8.07 Å². The van der Waals surface area contributed by atoms with Crippen LogP contribution in [0.5, 0.6) is 0 Å². The van der Waals surface area contributed by atoms with Crippen molar-refractivity contribution in [2.45, 2.75) is 19.6 Å². The molecule has 0 spiro atoms. The Labute approximate surface area is 93.5 Å². The van der Waals surface area contributed by atoms with Crippen molar-refractivity contribution in [1.82, 2.24) is 0 Å². The molecule has 0 fully saturated rings. The van der Waals surface area contributed by atoms with Crippen LogP contribution in [0.2, 0.25) is 24.7 Å². The molecule has 1 aromatic rings. The molecule has 0 saturated carbocycles. The van der Waals surface area contributed by atoms with Gasteiger partial charge in [-0.3, -0.25) is 0 Å². The van der Waals surface area contributed by atoms with Gasteiger partial charge in [0.15, 0.2) is 0 Å². The third-order valence-electron chi connectivity index (χ3n) is 1.76. The molecule has 1 rings (SSSR count). The normalized spacial score (nSPS) is 11.8. The first-order chi connectivity index (χ1) is 5.43. The Bertz CT molecular complexity index is 291. The zero-order chi connectivity index (χ0) is 9.35. The molecule has 1 aromatic carbocycles. The van der Waals surface area contributed by atoms with Crippen molar-refractivity contribution in [2.75, 3.05) is 0 Å². The quantitative estimate of drug-likeness (QED) is 0.550. The lowest BCUT2D eigenvalue weighted by Gasteiger charge is -2.18. The lowest BCUT2D eigenvalue weighted by molar-refractivity contribution is 1.64. The molecule has 0 N–H and O–H groups in total. The summed E-state index contributed by atoms with van der Waals surface area (Å²) >= 11 is 8.49. The van der Waals surface area contributed by atoms with Gasteiger partial charge in [0.25, 0.3) is 0 Å². The largest absolute Gasteiger partial charge is 0.0833 e. The van der Waals surface area contributed by atoms with Gasteiger partial charge in [0.2, 0.25) is 0 Å². The summed E-state index contributed by atoms with van der Waals surface area (Å²) in [5.41, 5.74) is 0. The third kappa shape index (κ3) is 2.23. The zero-order valence-corrected chi connectivity index (χ0v) is 11.4. The predicted molar refractivity (Wildman–Crippen MR) is 67.1 cm³/mol. The SMILES string of the molecule is C[Si](C)(C)c1cccc(I)c1Cl. The van der Waals surface area contributed by atoms with Gasteiger partial charge in [-0.05, 0) is 33.8 Å². The van der Waals surface area contributed by atoms with Crippen LogP contribution in [0, 0.1) is 3.57 Å². The first kappa shape index (κ1) is 10.5. The average molecular weight is 311 g/mol. The summed E-state index contributed by atoms with van der Waals surface area (Å²) in [5, 5.41) is 2.31. The second-order valence-electron chi connectivity index (χ2n) is 3.85. The van der Waals surface area contributed by atoms with Crippen LogP contribution in [0.25, 0.3) is 0 Å². The summed E-state index contributed by atoms with van der Waals surface area (Å²) < 4.78 is 1.16. The Morgan fingerprint density at radius 2 is 1.83 bits per heavy atom. The Morgan fingerprint density at radius 1 is 1.25 bits per heavy atom. The fourth-order valence-electron chi connectivity index (χ4n) is 1.08. The summed E-state index contributed by atoms with van der Waals surface area (Å²) in [6, 6.07) is 6.28. The highest BCUT2D eigenvalue weighted by atomic mass is 127. The molecule has 0 radical (unpaired) electrons. The lowest BCUT2D eigenvalue weighted by atomic mass is 10.4. The third-order valence-corrected chi connectivity index (χ3v) is 5.58. The predicted octanol–water partition coefficient (Wildman–Crippen LogP) is 3.49. The van der Waals surface area contributed by atoms with E-state index in [1.165, 1.54) is 5.19 Å². The van der Waals surface area contributed by atoms with Gasteiger partial charge < -0.3 is 0 Å². The topological polar surface area (TPSA) is 0 Å². The summed E-state index contributed by atoms with van der Waals surface area (Å²) in [5.74, 6) is 0. The molecule has 3 heteroatoms. The molecule has 0 amide bonds. The first-order valence-corrected chi connectivity index (χ1v) is 8.83. The number of hydrogen-bond acceptors (Lipinski definition) is 0. The summed E-state index contributed by atoms with van der Waals surface area (Å²) in [4.78, 5) is 0. The van der Waals surface area contributed by atoms with E-state index >= 15 is 0 Å². The van der Waals surface area contributed by atoms with Gasteiger partial charge in [-0.2, -0.15) is 0 Å². The monoisotopic (exact) mass is 310 g/mol. The van der Waals surface area contributed by atoms with Crippen molar-refractivity contribution >= 4 is 47.5 Å². The maximum atomic E-state index is 6.21. The average Bonchev–Trinajstić information content (AvgIpc) is 1.92. The van der Waals surface area contributed by atoms with Crippen molar-refractivity contribution in [3.05, 3.63) is 26.8 Å². The minimum atomic E-state index is -1.25. The molecule has 0 atom stereocenters. The van der Waals surface area contributed by atoms with Crippen molar-refractivity contribution < 1.29 is 0 Å². The second-order valence-corrected chi connectivity index (χ2v) is 10.4. The minimum Gasteiger partial charge on any atom is -0.0833 e. The molecule has 0 bridgehead atoms. The molecule has 0 unspecified atom stereocenters. The highest BCUT2D eigenvalue weighted by Crippen LogP contribution is 2.18. The van der Waals surface area contributed by atoms with Crippen LogP contribution in [0.3, 0.4) is 0 Å². The highest BCUT2D eigenvalue weighted by molar-refractivity contribution is 14.1.